The Morgan fingerprint density at radius 1 is 1.08 bits per heavy atom. The molecule has 0 radical (unpaired) electrons. The van der Waals surface area contributed by atoms with E-state index in [9.17, 15) is 5.11 Å². The second kappa shape index (κ2) is 6.87. The highest BCUT2D eigenvalue weighted by Crippen LogP contribution is 2.28. The van der Waals surface area contributed by atoms with Crippen LogP contribution in [0, 0.1) is 18.8 Å². The maximum Gasteiger partial charge on any atom is 0.0475 e. The Bertz CT molecular complexity index is 689. The van der Waals surface area contributed by atoms with Crippen LogP contribution in [-0.4, -0.2) is 59.2 Å². The summed E-state index contributed by atoms with van der Waals surface area (Å²) in [5, 5.41) is 11.1. The molecule has 0 unspecified atom stereocenters. The zero-order valence-corrected chi connectivity index (χ0v) is 14.7. The number of nitrogens with zero attached hydrogens (tertiary/aromatic N) is 2. The molecular formula is C20H29N3O. The van der Waals surface area contributed by atoms with E-state index in [2.05, 4.69) is 46.0 Å². The minimum Gasteiger partial charge on any atom is -0.396 e. The van der Waals surface area contributed by atoms with E-state index in [1.807, 2.05) is 0 Å². The number of aromatic amines is 1. The van der Waals surface area contributed by atoms with Gasteiger partial charge < -0.3 is 15.0 Å². The van der Waals surface area contributed by atoms with Crippen LogP contribution >= 0.6 is 0 Å². The van der Waals surface area contributed by atoms with Gasteiger partial charge in [0, 0.05) is 49.4 Å². The lowest BCUT2D eigenvalue weighted by molar-refractivity contribution is 0.175. The van der Waals surface area contributed by atoms with Crippen molar-refractivity contribution in [1.82, 2.24) is 14.8 Å². The Balaban J connectivity index is 1.45. The molecule has 4 rings (SSSR count). The first-order valence-electron chi connectivity index (χ1n) is 9.36. The Kier molecular flexibility index (Phi) is 4.61. The van der Waals surface area contributed by atoms with Gasteiger partial charge in [0.25, 0.3) is 0 Å². The van der Waals surface area contributed by atoms with Crippen molar-refractivity contribution in [3.8, 4) is 0 Å². The van der Waals surface area contributed by atoms with Gasteiger partial charge in [0.2, 0.25) is 0 Å². The van der Waals surface area contributed by atoms with Crippen LogP contribution in [0.3, 0.4) is 0 Å². The van der Waals surface area contributed by atoms with Gasteiger partial charge in [-0.15, -0.1) is 0 Å². The predicted molar refractivity (Wildman–Crippen MR) is 98.1 cm³/mol. The monoisotopic (exact) mass is 327 g/mol. The van der Waals surface area contributed by atoms with Crippen LogP contribution < -0.4 is 0 Å². The fourth-order valence-electron chi connectivity index (χ4n) is 4.60. The molecular weight excluding hydrogens is 298 g/mol. The molecule has 0 amide bonds. The van der Waals surface area contributed by atoms with Crippen LogP contribution in [0.1, 0.15) is 24.1 Å². The lowest BCUT2D eigenvalue weighted by Crippen LogP contribution is -2.31. The van der Waals surface area contributed by atoms with Gasteiger partial charge in [0.15, 0.2) is 0 Å². The topological polar surface area (TPSA) is 42.5 Å². The van der Waals surface area contributed by atoms with Gasteiger partial charge in [-0.25, -0.2) is 0 Å². The van der Waals surface area contributed by atoms with Crippen molar-refractivity contribution >= 4 is 10.9 Å². The smallest absolute Gasteiger partial charge is 0.0475 e. The third kappa shape index (κ3) is 3.10. The maximum absolute atomic E-state index is 9.81. The highest BCUT2D eigenvalue weighted by molar-refractivity contribution is 5.84. The maximum atomic E-state index is 9.81. The summed E-state index contributed by atoms with van der Waals surface area (Å²) in [6.07, 6.45) is 2.68. The lowest BCUT2D eigenvalue weighted by atomic mass is 9.96. The van der Waals surface area contributed by atoms with Gasteiger partial charge in [-0.3, -0.25) is 4.90 Å². The summed E-state index contributed by atoms with van der Waals surface area (Å²) in [7, 11) is 0. The van der Waals surface area contributed by atoms with Crippen molar-refractivity contribution in [3.05, 3.63) is 35.5 Å². The molecule has 2 fully saturated rings. The SMILES string of the molecule is Cc1c(CN2C[C@@H](CN3CCCC3)[C@@H](CO)C2)[nH]c2ccccc12. The van der Waals surface area contributed by atoms with Crippen molar-refractivity contribution < 1.29 is 5.11 Å². The fraction of sp³-hybridized carbons (Fsp3) is 0.600. The highest BCUT2D eigenvalue weighted by Gasteiger charge is 2.34. The molecule has 2 aliphatic rings. The molecule has 2 aromatic rings. The van der Waals surface area contributed by atoms with Gasteiger partial charge in [-0.1, -0.05) is 18.2 Å². The third-order valence-corrected chi connectivity index (χ3v) is 6.03. The van der Waals surface area contributed by atoms with E-state index in [0.29, 0.717) is 18.4 Å². The van der Waals surface area contributed by atoms with E-state index in [0.717, 1.165) is 26.2 Å². The van der Waals surface area contributed by atoms with E-state index < -0.39 is 0 Å². The Morgan fingerprint density at radius 3 is 2.58 bits per heavy atom. The summed E-state index contributed by atoms with van der Waals surface area (Å²) in [4.78, 5) is 8.71. The number of aliphatic hydroxyl groups is 1. The molecule has 0 saturated carbocycles. The minimum absolute atomic E-state index is 0.320. The number of hydrogen-bond donors (Lipinski definition) is 2. The molecule has 2 saturated heterocycles. The van der Waals surface area contributed by atoms with E-state index in [-0.39, 0.29) is 0 Å². The van der Waals surface area contributed by atoms with Crippen molar-refractivity contribution in [2.45, 2.75) is 26.3 Å². The van der Waals surface area contributed by atoms with Gasteiger partial charge in [-0.2, -0.15) is 0 Å². The van der Waals surface area contributed by atoms with Crippen LogP contribution in [0.15, 0.2) is 24.3 Å². The number of hydrogen-bond acceptors (Lipinski definition) is 3. The molecule has 130 valence electrons. The molecule has 1 aromatic heterocycles. The van der Waals surface area contributed by atoms with E-state index in [1.165, 1.54) is 48.1 Å². The quantitative estimate of drug-likeness (QED) is 0.887. The first kappa shape index (κ1) is 16.1. The average molecular weight is 327 g/mol. The summed E-state index contributed by atoms with van der Waals surface area (Å²) >= 11 is 0. The standard InChI is InChI=1S/C20H29N3O/c1-15-18-6-2-3-7-19(18)21-20(15)13-23-11-16(17(12-23)14-24)10-22-8-4-5-9-22/h2-3,6-7,16-17,21,24H,4-5,8-14H2,1H3/t16-,17-/m1/s1. The number of rotatable bonds is 5. The Labute approximate surface area is 144 Å². The number of benzene rings is 1. The zero-order chi connectivity index (χ0) is 16.5. The average Bonchev–Trinajstić information content (AvgIpc) is 3.30. The molecule has 0 bridgehead atoms. The van der Waals surface area contributed by atoms with Crippen molar-refractivity contribution in [2.75, 3.05) is 39.3 Å². The van der Waals surface area contributed by atoms with E-state index in [1.54, 1.807) is 0 Å². The summed E-state index contributed by atoms with van der Waals surface area (Å²) in [6, 6.07) is 8.55. The number of H-pyrrole nitrogens is 1. The molecule has 0 spiro atoms. The molecule has 3 heterocycles. The molecule has 2 atom stereocenters. The van der Waals surface area contributed by atoms with Gasteiger partial charge in [-0.05, 0) is 56.3 Å². The fourth-order valence-corrected chi connectivity index (χ4v) is 4.60. The predicted octanol–water partition coefficient (Wildman–Crippen LogP) is 2.61. The summed E-state index contributed by atoms with van der Waals surface area (Å²) < 4.78 is 0. The molecule has 1 aromatic carbocycles. The van der Waals surface area contributed by atoms with Crippen LogP contribution in [-0.2, 0) is 6.54 Å². The number of aliphatic hydroxyl groups excluding tert-OH is 1. The zero-order valence-electron chi connectivity index (χ0n) is 14.7. The summed E-state index contributed by atoms with van der Waals surface area (Å²) in [6.45, 7) is 9.28. The lowest BCUT2D eigenvalue weighted by Gasteiger charge is -2.23. The van der Waals surface area contributed by atoms with Crippen LogP contribution in [0.5, 0.6) is 0 Å². The summed E-state index contributed by atoms with van der Waals surface area (Å²) in [5.74, 6) is 1.04. The minimum atomic E-state index is 0.320. The van der Waals surface area contributed by atoms with Crippen LogP contribution in [0.2, 0.25) is 0 Å². The number of aromatic nitrogens is 1. The molecule has 2 aliphatic heterocycles. The highest BCUT2D eigenvalue weighted by atomic mass is 16.3. The molecule has 4 nitrogen and oxygen atoms in total. The largest absolute Gasteiger partial charge is 0.396 e. The van der Waals surface area contributed by atoms with Crippen molar-refractivity contribution in [3.63, 3.8) is 0 Å². The second-order valence-corrected chi connectivity index (χ2v) is 7.68. The first-order chi connectivity index (χ1) is 11.7. The second-order valence-electron chi connectivity index (χ2n) is 7.68. The Hall–Kier alpha value is -1.36. The van der Waals surface area contributed by atoms with Crippen molar-refractivity contribution in [2.24, 2.45) is 11.8 Å². The molecule has 2 N–H and O–H groups in total. The number of likely N-dealkylation sites (tertiary alicyclic amines) is 2. The number of nitrogens with one attached hydrogen (secondary N) is 1. The van der Waals surface area contributed by atoms with Gasteiger partial charge in [0.1, 0.15) is 0 Å². The molecule has 24 heavy (non-hydrogen) atoms. The van der Waals surface area contributed by atoms with Crippen LogP contribution in [0.4, 0.5) is 0 Å². The number of para-hydroxylation sites is 1. The normalized spacial score (nSPS) is 25.9. The van der Waals surface area contributed by atoms with Crippen molar-refractivity contribution in [1.29, 1.82) is 0 Å². The molecule has 0 aliphatic carbocycles. The summed E-state index contributed by atoms with van der Waals surface area (Å²) in [5.41, 5.74) is 3.93. The first-order valence-corrected chi connectivity index (χ1v) is 9.36. The number of aryl methyl sites for hydroxylation is 1. The molecule has 4 heteroatoms. The van der Waals surface area contributed by atoms with E-state index in [4.69, 9.17) is 0 Å². The van der Waals surface area contributed by atoms with Gasteiger partial charge >= 0.3 is 0 Å². The third-order valence-electron chi connectivity index (χ3n) is 6.03. The number of fused-ring (bicyclic) bond motifs is 1. The van der Waals surface area contributed by atoms with Gasteiger partial charge in [0.05, 0.1) is 0 Å². The van der Waals surface area contributed by atoms with Crippen LogP contribution in [0.25, 0.3) is 10.9 Å². The van der Waals surface area contributed by atoms with E-state index >= 15 is 0 Å². The Morgan fingerprint density at radius 2 is 1.83 bits per heavy atom.